The number of carbonyl (C=O) groups is 6. The molecule has 300 valence electrons. The number of carboxylic acid groups (broad SMARTS) is 4. The van der Waals surface area contributed by atoms with Gasteiger partial charge in [0, 0.05) is 52.0 Å². The molecule has 52 heavy (non-hydrogen) atoms. The predicted octanol–water partition coefficient (Wildman–Crippen LogP) is 0.873. The molecule has 0 fully saturated rings. The van der Waals surface area contributed by atoms with Gasteiger partial charge in [0.15, 0.2) is 7.85 Å². The topological polar surface area (TPSA) is 233 Å². The van der Waals surface area contributed by atoms with Gasteiger partial charge in [0.25, 0.3) is 0 Å². The van der Waals surface area contributed by atoms with Crippen molar-refractivity contribution in [1.29, 1.82) is 0 Å². The van der Waals surface area contributed by atoms with Crippen molar-refractivity contribution < 1.29 is 63.4 Å². The summed E-state index contributed by atoms with van der Waals surface area (Å²) in [5.74, 6) is -3.64. The van der Waals surface area contributed by atoms with Crippen molar-refractivity contribution in [3.63, 3.8) is 0 Å². The van der Waals surface area contributed by atoms with E-state index in [4.69, 9.17) is 27.2 Å². The Morgan fingerprint density at radius 1 is 0.654 bits per heavy atom. The summed E-state index contributed by atoms with van der Waals surface area (Å²) in [5, 5.41) is 39.2. The molecule has 0 aliphatic rings. The van der Waals surface area contributed by atoms with Crippen LogP contribution in [0.4, 0.5) is 0 Å². The molecule has 0 saturated carbocycles. The highest BCUT2D eigenvalue weighted by molar-refractivity contribution is 6.57. The number of hydrogen-bond donors (Lipinski definition) is 5. The van der Waals surface area contributed by atoms with Crippen LogP contribution in [0.2, 0.25) is 0 Å². The van der Waals surface area contributed by atoms with Crippen molar-refractivity contribution >= 4 is 43.3 Å². The lowest BCUT2D eigenvalue weighted by atomic mass is 10.0. The van der Waals surface area contributed by atoms with Gasteiger partial charge in [-0.15, -0.1) is 0 Å². The smallest absolute Gasteiger partial charge is 0.320 e. The number of hydrogen-bond acceptors (Lipinski definition) is 12. The van der Waals surface area contributed by atoms with E-state index in [1.54, 1.807) is 21.6 Å². The lowest BCUT2D eigenvalue weighted by Crippen LogP contribution is -2.48. The van der Waals surface area contributed by atoms with Crippen molar-refractivity contribution in [3.05, 3.63) is 0 Å². The van der Waals surface area contributed by atoms with Crippen molar-refractivity contribution in [2.75, 3.05) is 98.5 Å². The molecule has 18 heteroatoms. The third kappa shape index (κ3) is 32.7. The zero-order chi connectivity index (χ0) is 39.7. The Hall–Kier alpha value is -3.16. The van der Waals surface area contributed by atoms with Crippen molar-refractivity contribution in [2.24, 2.45) is 5.92 Å². The van der Waals surface area contributed by atoms with E-state index in [2.05, 4.69) is 19.2 Å². The van der Waals surface area contributed by atoms with Crippen LogP contribution in [0.1, 0.15) is 72.6 Å². The Morgan fingerprint density at radius 2 is 1.15 bits per heavy atom. The fourth-order valence-electron chi connectivity index (χ4n) is 4.59. The summed E-state index contributed by atoms with van der Waals surface area (Å²) in [6.07, 6.45) is 2.94. The van der Waals surface area contributed by atoms with Crippen LogP contribution in [-0.2, 0) is 43.0 Å². The molecule has 1 amide bonds. The largest absolute Gasteiger partial charge is 0.481 e. The average Bonchev–Trinajstić information content (AvgIpc) is 3.07. The van der Waals surface area contributed by atoms with Crippen molar-refractivity contribution in [1.82, 2.24) is 20.0 Å². The van der Waals surface area contributed by atoms with E-state index < -0.39 is 35.6 Å². The zero-order valence-corrected chi connectivity index (χ0v) is 31.6. The second-order valence-electron chi connectivity index (χ2n) is 12.2. The first-order valence-electron chi connectivity index (χ1n) is 18.0. The fraction of sp³-hybridized carbons (Fsp3) is 0.824. The van der Waals surface area contributed by atoms with Crippen LogP contribution in [0.25, 0.3) is 0 Å². The molecular formula is C34H63BN4O13. The van der Waals surface area contributed by atoms with Crippen LogP contribution in [0.3, 0.4) is 0 Å². The first kappa shape index (κ1) is 51.0. The van der Waals surface area contributed by atoms with E-state index in [0.29, 0.717) is 64.9 Å². The van der Waals surface area contributed by atoms with Gasteiger partial charge in [-0.1, -0.05) is 34.1 Å². The van der Waals surface area contributed by atoms with Gasteiger partial charge >= 0.3 is 23.9 Å². The quantitative estimate of drug-likeness (QED) is 0.0454. The van der Waals surface area contributed by atoms with E-state index >= 15 is 0 Å². The Labute approximate surface area is 309 Å². The van der Waals surface area contributed by atoms with Gasteiger partial charge in [0.2, 0.25) is 5.91 Å². The number of aliphatic carboxylic acids is 4. The summed E-state index contributed by atoms with van der Waals surface area (Å²) >= 11 is 0. The number of carboxylic acids is 4. The molecule has 2 unspecified atom stereocenters. The fourth-order valence-corrected chi connectivity index (χ4v) is 4.59. The number of carbonyl (C=O) groups excluding carboxylic acids is 2. The number of ether oxygens (including phenoxy) is 3. The number of rotatable bonds is 34. The minimum Gasteiger partial charge on any atom is -0.481 e. The van der Waals surface area contributed by atoms with Gasteiger partial charge in [-0.2, -0.15) is 0 Å². The van der Waals surface area contributed by atoms with Crippen LogP contribution in [0, 0.1) is 5.92 Å². The first-order chi connectivity index (χ1) is 24.7. The minimum absolute atomic E-state index is 0.00475. The highest BCUT2D eigenvalue weighted by Gasteiger charge is 2.26. The molecule has 0 rings (SSSR count). The highest BCUT2D eigenvalue weighted by atomic mass is 16.5. The molecular weight excluding hydrogens is 683 g/mol. The maximum atomic E-state index is 12.4. The Balaban J connectivity index is 0. The van der Waals surface area contributed by atoms with E-state index in [1.165, 1.54) is 0 Å². The monoisotopic (exact) mass is 746 g/mol. The molecule has 0 aromatic rings. The highest BCUT2D eigenvalue weighted by Crippen LogP contribution is 2.11. The molecule has 0 saturated heterocycles. The number of nitrogens with one attached hydrogen (secondary N) is 1. The molecule has 17 nitrogen and oxygen atoms in total. The minimum atomic E-state index is -1.06. The van der Waals surface area contributed by atoms with Gasteiger partial charge in [-0.3, -0.25) is 38.7 Å². The molecule has 0 aromatic carbocycles. The van der Waals surface area contributed by atoms with Crippen LogP contribution >= 0.6 is 0 Å². The molecule has 0 aromatic heterocycles. The standard InChI is InChI=1S/C31H57BN4O11.C3H6O2/c1-4-11-36(16-15-35(24-30(41)42)14-13-34(23-29(39)40)12-8-25(3)5-2)26(31(43)44)6-7-28(38)33-10-18-46-20-22-47-21-19-45-17-9-27(32)37;1-2-3(4)5/h25-26H,4-24H2,1-3H3,(H,33,38)(H,39,40)(H,41,42)(H,43,44);2H2,1H3,(H,4,5). The third-order valence-electron chi connectivity index (χ3n) is 7.78. The molecule has 0 aliphatic carbocycles. The van der Waals surface area contributed by atoms with Crippen LogP contribution in [0.5, 0.6) is 0 Å². The lowest BCUT2D eigenvalue weighted by Gasteiger charge is -2.32. The molecule has 0 spiro atoms. The summed E-state index contributed by atoms with van der Waals surface area (Å²) in [6.45, 7) is 11.7. The van der Waals surface area contributed by atoms with Crippen LogP contribution in [0.15, 0.2) is 0 Å². The number of nitrogens with zero attached hydrogens (tertiary/aromatic N) is 3. The zero-order valence-electron chi connectivity index (χ0n) is 31.6. The Kier molecular flexibility index (Phi) is 33.0. The van der Waals surface area contributed by atoms with E-state index in [1.807, 2.05) is 6.92 Å². The average molecular weight is 747 g/mol. The maximum absolute atomic E-state index is 12.4. The van der Waals surface area contributed by atoms with Crippen molar-refractivity contribution in [2.45, 2.75) is 78.7 Å². The predicted molar refractivity (Wildman–Crippen MR) is 194 cm³/mol. The number of amides is 1. The molecule has 0 heterocycles. The second kappa shape index (κ2) is 33.7. The normalized spacial score (nSPS) is 12.3. The first-order valence-corrected chi connectivity index (χ1v) is 18.0. The Bertz CT molecular complexity index is 1010. The van der Waals surface area contributed by atoms with E-state index in [0.717, 1.165) is 12.8 Å². The summed E-state index contributed by atoms with van der Waals surface area (Å²) in [6, 6.07) is -0.931. The van der Waals surface area contributed by atoms with Gasteiger partial charge in [0.1, 0.15) is 6.04 Å². The van der Waals surface area contributed by atoms with Gasteiger partial charge in [-0.05, 0) is 38.3 Å². The molecule has 2 atom stereocenters. The molecule has 0 bridgehead atoms. The summed E-state index contributed by atoms with van der Waals surface area (Å²) in [5.41, 5.74) is -0.424. The lowest BCUT2D eigenvalue weighted by molar-refractivity contribution is -0.144. The van der Waals surface area contributed by atoms with Crippen LogP contribution < -0.4 is 5.32 Å². The van der Waals surface area contributed by atoms with Crippen molar-refractivity contribution in [3.8, 4) is 0 Å². The summed E-state index contributed by atoms with van der Waals surface area (Å²) in [4.78, 5) is 72.8. The maximum Gasteiger partial charge on any atom is 0.320 e. The third-order valence-corrected chi connectivity index (χ3v) is 7.78. The van der Waals surface area contributed by atoms with Gasteiger partial charge < -0.3 is 44.7 Å². The second-order valence-corrected chi connectivity index (χ2v) is 12.2. The van der Waals surface area contributed by atoms with Crippen LogP contribution in [-0.4, -0.2) is 183 Å². The van der Waals surface area contributed by atoms with Gasteiger partial charge in [0.05, 0.1) is 58.4 Å². The Morgan fingerprint density at radius 3 is 1.62 bits per heavy atom. The molecule has 5 N–H and O–H groups in total. The van der Waals surface area contributed by atoms with E-state index in [9.17, 15) is 44.1 Å². The molecule has 2 radical (unpaired) electrons. The summed E-state index contributed by atoms with van der Waals surface area (Å²) in [7, 11) is 5.02. The molecule has 0 aliphatic heterocycles. The SMILES string of the molecule is CCC(=O)O.[B]C(=O)CCOCCOCCOCCNC(=O)CCC(C(=O)O)N(CCC)CCN(CCN(CCC(C)CC)CC(=O)O)CC(=O)O. The van der Waals surface area contributed by atoms with E-state index in [-0.39, 0.29) is 77.5 Å². The van der Waals surface area contributed by atoms with Gasteiger partial charge in [-0.25, -0.2) is 0 Å². The summed E-state index contributed by atoms with van der Waals surface area (Å²) < 4.78 is 15.9.